The van der Waals surface area contributed by atoms with Gasteiger partial charge in [0.25, 0.3) is 5.91 Å². The van der Waals surface area contributed by atoms with Gasteiger partial charge in [0.05, 0.1) is 88.3 Å². The summed E-state index contributed by atoms with van der Waals surface area (Å²) < 4.78 is 19.0. The number of nitrogens with zero attached hydrogens (tertiary/aromatic N) is 14. The van der Waals surface area contributed by atoms with E-state index in [0.717, 1.165) is 115 Å². The number of carbonyl (C=O) groups is 2. The van der Waals surface area contributed by atoms with Crippen LogP contribution in [0.25, 0.3) is 77.8 Å². The van der Waals surface area contributed by atoms with Gasteiger partial charge in [-0.15, -0.1) is 0 Å². The lowest BCUT2D eigenvalue weighted by atomic mass is 10.0. The zero-order valence-electron chi connectivity index (χ0n) is 43.9. The molecule has 1 aliphatic carbocycles. The molecule has 0 unspecified atom stereocenters. The summed E-state index contributed by atoms with van der Waals surface area (Å²) >= 11 is 0. The second kappa shape index (κ2) is 19.0. The van der Waals surface area contributed by atoms with Crippen molar-refractivity contribution in [3.8, 4) is 45.6 Å². The Bertz CT molecular complexity index is 3990. The Morgan fingerprint density at radius 1 is 0.632 bits per heavy atom. The number of pyridine rings is 6. The van der Waals surface area contributed by atoms with Crippen molar-refractivity contribution >= 4 is 55.5 Å². The number of methoxy groups -OCH3 is 2. The number of hydrogen-bond acceptors (Lipinski definition) is 13. The number of carboxylic acids is 1. The standard InChI is InChI=1S/C57H58N14O5/c1-31-51-40(64-49(25-45(51)68(6)55(31)57(73)74)70-43-23-41(62-33(3)35(43)29-60-70)37-27-58-17-15-47(37)75-7)12-10-9-11-39-36-30-61-71(44(36)24-42(63-39)38-28-59-18-16-48(38)76-8)50-26-46-52(53(65-50)34-13-14-34)32(2)54(67(46)5)56(72)69-21-19-66(4)20-22-69/h15-18,23-30,34H,9-14,19-22H2,1-8H3,(H,73,74). The molecule has 1 amide bonds. The maximum atomic E-state index is 14.2. The minimum atomic E-state index is -1.01. The number of rotatable bonds is 14. The first-order valence-electron chi connectivity index (χ1n) is 25.7. The number of aromatic nitrogens is 12. The molecule has 2 aliphatic rings. The average molecular weight is 1020 g/mol. The van der Waals surface area contributed by atoms with Crippen molar-refractivity contribution in [1.82, 2.24) is 68.4 Å². The van der Waals surface area contributed by atoms with Gasteiger partial charge in [-0.05, 0) is 102 Å². The number of amides is 1. The van der Waals surface area contributed by atoms with E-state index in [0.29, 0.717) is 84.0 Å². The van der Waals surface area contributed by atoms with Gasteiger partial charge >= 0.3 is 5.97 Å². The van der Waals surface area contributed by atoms with Gasteiger partial charge in [-0.25, -0.2) is 24.1 Å². The molecule has 0 radical (unpaired) electrons. The van der Waals surface area contributed by atoms with Gasteiger partial charge in [0.1, 0.15) is 22.9 Å². The zero-order valence-corrected chi connectivity index (χ0v) is 43.9. The van der Waals surface area contributed by atoms with Crippen LogP contribution in [0.2, 0.25) is 0 Å². The number of carboxylic acid groups (broad SMARTS) is 1. The van der Waals surface area contributed by atoms with Crippen molar-refractivity contribution in [1.29, 1.82) is 0 Å². The second-order valence-corrected chi connectivity index (χ2v) is 20.2. The highest BCUT2D eigenvalue weighted by Crippen LogP contribution is 2.45. The summed E-state index contributed by atoms with van der Waals surface area (Å²) in [4.78, 5) is 60.9. The first-order chi connectivity index (χ1) is 36.8. The number of likely N-dealkylation sites (N-methyl/N-ethyl adjacent to an activating group) is 1. The van der Waals surface area contributed by atoms with Crippen LogP contribution in [-0.2, 0) is 26.9 Å². The smallest absolute Gasteiger partial charge is 0.352 e. The maximum absolute atomic E-state index is 14.2. The number of piperazine rings is 1. The summed E-state index contributed by atoms with van der Waals surface area (Å²) in [5.74, 6) is 1.85. The molecule has 10 aromatic rings. The lowest BCUT2D eigenvalue weighted by Crippen LogP contribution is -2.47. The Balaban J connectivity index is 0.914. The fourth-order valence-corrected chi connectivity index (χ4v) is 11.4. The highest BCUT2D eigenvalue weighted by molar-refractivity contribution is 6.03. The number of unbranched alkanes of at least 4 members (excludes halogenated alkanes) is 1. The average Bonchev–Trinajstić information content (AvgIpc) is 3.92. The third-order valence-electron chi connectivity index (χ3n) is 15.6. The predicted molar refractivity (Wildman–Crippen MR) is 289 cm³/mol. The van der Waals surface area contributed by atoms with Crippen molar-refractivity contribution in [2.75, 3.05) is 47.4 Å². The van der Waals surface area contributed by atoms with Crippen LogP contribution in [-0.4, -0.2) is 133 Å². The highest BCUT2D eigenvalue weighted by Gasteiger charge is 2.34. The van der Waals surface area contributed by atoms with Crippen LogP contribution in [0.3, 0.4) is 0 Å². The van der Waals surface area contributed by atoms with Gasteiger partial charge in [-0.2, -0.15) is 10.2 Å². The molecule has 1 N–H and O–H groups in total. The monoisotopic (exact) mass is 1020 g/mol. The Morgan fingerprint density at radius 2 is 1.18 bits per heavy atom. The molecule has 0 spiro atoms. The summed E-state index contributed by atoms with van der Waals surface area (Å²) in [7, 11) is 9.13. The minimum absolute atomic E-state index is 0.0523. The summed E-state index contributed by atoms with van der Waals surface area (Å²) in [6.07, 6.45) is 15.2. The zero-order chi connectivity index (χ0) is 52.7. The Hall–Kier alpha value is -8.58. The third-order valence-corrected chi connectivity index (χ3v) is 15.6. The molecule has 386 valence electrons. The van der Waals surface area contributed by atoms with Crippen molar-refractivity contribution in [2.24, 2.45) is 14.1 Å². The molecule has 19 heteroatoms. The van der Waals surface area contributed by atoms with Gasteiger partial charge in [-0.3, -0.25) is 24.7 Å². The number of ether oxygens (including phenoxy) is 2. The van der Waals surface area contributed by atoms with Crippen LogP contribution >= 0.6 is 0 Å². The van der Waals surface area contributed by atoms with Gasteiger partial charge < -0.3 is 33.5 Å². The first-order valence-corrected chi connectivity index (χ1v) is 25.7. The van der Waals surface area contributed by atoms with Gasteiger partial charge in [0.2, 0.25) is 0 Å². The van der Waals surface area contributed by atoms with Gasteiger partial charge in [0.15, 0.2) is 11.6 Å². The largest absolute Gasteiger partial charge is 0.496 e. The summed E-state index contributed by atoms with van der Waals surface area (Å²) in [6, 6.07) is 11.6. The van der Waals surface area contributed by atoms with Crippen LogP contribution in [0.15, 0.2) is 73.6 Å². The number of hydrogen-bond donors (Lipinski definition) is 1. The quantitative estimate of drug-likeness (QED) is 0.102. The lowest BCUT2D eigenvalue weighted by Gasteiger charge is -2.32. The summed E-state index contributed by atoms with van der Waals surface area (Å²) in [5, 5.41) is 23.9. The number of aromatic carboxylic acids is 1. The van der Waals surface area contributed by atoms with E-state index < -0.39 is 5.97 Å². The Kier molecular flexibility index (Phi) is 12.1. The SMILES string of the molecule is COc1ccncc1-c1cc2c(cnn2-c2cc3c(c(CCCCc4nc(-c5cnccc5OC)cc5c4cnn5-c4cc5c(c(C6CC6)n4)c(C)c(C(=O)N4CCN(C)CC4)n5C)n2)c(C)c(C(=O)O)n3C)c(C)n1. The third kappa shape index (κ3) is 8.07. The molecule has 10 aromatic heterocycles. The summed E-state index contributed by atoms with van der Waals surface area (Å²) in [5.41, 5.74) is 12.1. The fraction of sp³-hybridized carbons (Fsp3) is 0.333. The van der Waals surface area contributed by atoms with Crippen LogP contribution in [0.4, 0.5) is 0 Å². The summed E-state index contributed by atoms with van der Waals surface area (Å²) in [6.45, 7) is 8.93. The van der Waals surface area contributed by atoms with E-state index in [4.69, 9.17) is 39.6 Å². The van der Waals surface area contributed by atoms with E-state index in [1.165, 1.54) is 0 Å². The van der Waals surface area contributed by atoms with E-state index in [1.807, 2.05) is 60.9 Å². The molecule has 11 heterocycles. The molecule has 0 aromatic carbocycles. The minimum Gasteiger partial charge on any atom is -0.496 e. The van der Waals surface area contributed by atoms with E-state index in [-0.39, 0.29) is 11.6 Å². The molecule has 0 bridgehead atoms. The van der Waals surface area contributed by atoms with Crippen LogP contribution in [0.5, 0.6) is 11.5 Å². The fourth-order valence-electron chi connectivity index (χ4n) is 11.4. The van der Waals surface area contributed by atoms with Crippen LogP contribution in [0.1, 0.15) is 86.5 Å². The van der Waals surface area contributed by atoms with E-state index in [9.17, 15) is 14.7 Å². The Morgan fingerprint density at radius 3 is 1.80 bits per heavy atom. The van der Waals surface area contributed by atoms with Gasteiger partial charge in [-0.1, -0.05) is 0 Å². The maximum Gasteiger partial charge on any atom is 0.352 e. The normalized spacial score (nSPS) is 14.2. The molecule has 19 nitrogen and oxygen atoms in total. The molecule has 12 rings (SSSR count). The Labute approximate surface area is 437 Å². The first kappa shape index (κ1) is 48.4. The predicted octanol–water partition coefficient (Wildman–Crippen LogP) is 8.52. The number of aryl methyl sites for hydroxylation is 7. The molecule has 1 saturated carbocycles. The van der Waals surface area contributed by atoms with Crippen molar-refractivity contribution in [3.63, 3.8) is 0 Å². The molecule has 2 fully saturated rings. The molecule has 1 aliphatic heterocycles. The molecule has 0 atom stereocenters. The van der Waals surface area contributed by atoms with Crippen molar-refractivity contribution in [3.05, 3.63) is 119 Å². The molecule has 76 heavy (non-hydrogen) atoms. The molecular formula is C57H58N14O5. The van der Waals surface area contributed by atoms with Crippen LogP contribution in [0, 0.1) is 20.8 Å². The molecule has 1 saturated heterocycles. The number of carbonyl (C=O) groups excluding carboxylic acids is 1. The van der Waals surface area contributed by atoms with E-state index >= 15 is 0 Å². The van der Waals surface area contributed by atoms with E-state index in [2.05, 4.69) is 39.5 Å². The van der Waals surface area contributed by atoms with Gasteiger partial charge in [0, 0.05) is 110 Å². The number of fused-ring (bicyclic) bond motifs is 4. The topological polar surface area (TPSA) is 202 Å². The van der Waals surface area contributed by atoms with E-state index in [1.54, 1.807) is 67.6 Å². The highest BCUT2D eigenvalue weighted by atomic mass is 16.5. The molecular weight excluding hydrogens is 961 g/mol. The van der Waals surface area contributed by atoms with Crippen molar-refractivity contribution < 1.29 is 24.2 Å². The second-order valence-electron chi connectivity index (χ2n) is 20.2. The lowest BCUT2D eigenvalue weighted by molar-refractivity contribution is 0.0652. The van der Waals surface area contributed by atoms with Crippen LogP contribution < -0.4 is 9.47 Å². The van der Waals surface area contributed by atoms with Crippen molar-refractivity contribution in [2.45, 2.75) is 65.2 Å².